The number of rotatable bonds is 5. The lowest BCUT2D eigenvalue weighted by Crippen LogP contribution is -2.49. The molecule has 7 heteroatoms. The molecule has 3 N–H and O–H groups in total. The molecule has 19 heavy (non-hydrogen) atoms. The number of hydrogen-bond donors (Lipinski definition) is 2. The van der Waals surface area contributed by atoms with Crippen LogP contribution in [0.2, 0.25) is 0 Å². The Morgan fingerprint density at radius 2 is 2.21 bits per heavy atom. The van der Waals surface area contributed by atoms with Crippen LogP contribution in [0.4, 0.5) is 4.79 Å². The summed E-state index contributed by atoms with van der Waals surface area (Å²) in [5, 5.41) is 2.59. The number of likely N-dealkylation sites (tertiary alicyclic amines) is 1. The maximum atomic E-state index is 12.2. The molecular formula is C12H21N3O3S. The minimum absolute atomic E-state index is 0.0405. The fourth-order valence-corrected chi connectivity index (χ4v) is 3.08. The van der Waals surface area contributed by atoms with Crippen molar-refractivity contribution in [2.45, 2.75) is 31.4 Å². The highest BCUT2D eigenvalue weighted by Gasteiger charge is 2.33. The van der Waals surface area contributed by atoms with Crippen molar-refractivity contribution in [2.75, 3.05) is 32.0 Å². The molecule has 2 saturated heterocycles. The summed E-state index contributed by atoms with van der Waals surface area (Å²) in [6, 6.07) is -0.341. The first kappa shape index (κ1) is 14.6. The first-order valence-corrected chi connectivity index (χ1v) is 7.73. The van der Waals surface area contributed by atoms with Crippen LogP contribution in [0.3, 0.4) is 0 Å². The summed E-state index contributed by atoms with van der Waals surface area (Å²) < 4.78 is 5.70. The van der Waals surface area contributed by atoms with Gasteiger partial charge in [-0.3, -0.25) is 9.59 Å². The van der Waals surface area contributed by atoms with E-state index in [1.54, 1.807) is 0 Å². The van der Waals surface area contributed by atoms with E-state index >= 15 is 0 Å². The predicted octanol–water partition coefficient (Wildman–Crippen LogP) is 0.168. The van der Waals surface area contributed by atoms with Gasteiger partial charge in [0.1, 0.15) is 6.04 Å². The van der Waals surface area contributed by atoms with Crippen LogP contribution in [0.1, 0.15) is 19.3 Å². The second kappa shape index (κ2) is 7.12. The Balaban J connectivity index is 1.70. The maximum Gasteiger partial charge on any atom is 0.279 e. The molecule has 108 valence electrons. The number of nitrogens with zero attached hydrogens (tertiary/aromatic N) is 1. The van der Waals surface area contributed by atoms with Crippen molar-refractivity contribution < 1.29 is 14.3 Å². The van der Waals surface area contributed by atoms with Gasteiger partial charge in [-0.05, 0) is 25.8 Å². The Bertz CT molecular complexity index is 332. The summed E-state index contributed by atoms with van der Waals surface area (Å²) in [6.45, 7) is 2.77. The van der Waals surface area contributed by atoms with Crippen LogP contribution >= 0.6 is 11.8 Å². The maximum absolute atomic E-state index is 12.2. The minimum atomic E-state index is -0.341. The molecule has 0 bridgehead atoms. The fourth-order valence-electron chi connectivity index (χ4n) is 2.31. The molecule has 6 nitrogen and oxygen atoms in total. The van der Waals surface area contributed by atoms with Crippen molar-refractivity contribution >= 4 is 22.9 Å². The number of nitrogens with one attached hydrogen (secondary N) is 1. The van der Waals surface area contributed by atoms with Gasteiger partial charge in [-0.15, -0.1) is 0 Å². The third-order valence-corrected chi connectivity index (χ3v) is 4.31. The van der Waals surface area contributed by atoms with E-state index in [9.17, 15) is 9.59 Å². The minimum Gasteiger partial charge on any atom is -0.378 e. The number of ether oxygens (including phenoxy) is 1. The van der Waals surface area contributed by atoms with Crippen LogP contribution < -0.4 is 11.1 Å². The normalized spacial score (nSPS) is 24.6. The Morgan fingerprint density at radius 1 is 1.47 bits per heavy atom. The van der Waals surface area contributed by atoms with Crippen LogP contribution in [0.25, 0.3) is 0 Å². The molecule has 2 rings (SSSR count). The SMILES string of the molecule is NCCCOC1CCN(C(=O)[C@@H]2CSC(=O)N2)CC1. The van der Waals surface area contributed by atoms with Gasteiger partial charge in [-0.25, -0.2) is 0 Å². The highest BCUT2D eigenvalue weighted by atomic mass is 32.2. The van der Waals surface area contributed by atoms with Gasteiger partial charge in [0.05, 0.1) is 6.10 Å². The standard InChI is InChI=1S/C12H21N3O3S/c13-4-1-7-18-9-2-5-15(6-3-9)11(16)10-8-19-12(17)14-10/h9-10H,1-8,13H2,(H,14,17)/t10-/m0/s1. The highest BCUT2D eigenvalue weighted by molar-refractivity contribution is 8.14. The van der Waals surface area contributed by atoms with Crippen molar-refractivity contribution in [3.8, 4) is 0 Å². The number of amides is 2. The summed E-state index contributed by atoms with van der Waals surface area (Å²) >= 11 is 1.18. The first-order valence-electron chi connectivity index (χ1n) is 6.74. The van der Waals surface area contributed by atoms with Gasteiger partial charge in [0.15, 0.2) is 0 Å². The Hall–Kier alpha value is -0.790. The van der Waals surface area contributed by atoms with E-state index in [4.69, 9.17) is 10.5 Å². The van der Waals surface area contributed by atoms with Gasteiger partial charge >= 0.3 is 0 Å². The van der Waals surface area contributed by atoms with Crippen LogP contribution in [-0.2, 0) is 9.53 Å². The van der Waals surface area contributed by atoms with E-state index in [0.717, 1.165) is 19.3 Å². The lowest BCUT2D eigenvalue weighted by molar-refractivity contribution is -0.135. The Morgan fingerprint density at radius 3 is 2.79 bits per heavy atom. The molecule has 2 fully saturated rings. The fraction of sp³-hybridized carbons (Fsp3) is 0.833. The van der Waals surface area contributed by atoms with Gasteiger partial charge in [-0.1, -0.05) is 11.8 Å². The van der Waals surface area contributed by atoms with Crippen molar-refractivity contribution in [1.82, 2.24) is 10.2 Å². The molecule has 0 unspecified atom stereocenters. The highest BCUT2D eigenvalue weighted by Crippen LogP contribution is 2.19. The molecular weight excluding hydrogens is 266 g/mol. The van der Waals surface area contributed by atoms with Gasteiger partial charge in [0, 0.05) is 25.4 Å². The summed E-state index contributed by atoms with van der Waals surface area (Å²) in [7, 11) is 0. The molecule has 0 radical (unpaired) electrons. The zero-order valence-corrected chi connectivity index (χ0v) is 11.8. The van der Waals surface area contributed by atoms with E-state index in [2.05, 4.69) is 5.32 Å². The van der Waals surface area contributed by atoms with E-state index in [1.807, 2.05) is 4.90 Å². The van der Waals surface area contributed by atoms with Gasteiger partial charge in [0.25, 0.3) is 5.24 Å². The average Bonchev–Trinajstić information content (AvgIpc) is 2.86. The monoisotopic (exact) mass is 287 g/mol. The second-order valence-corrected chi connectivity index (χ2v) is 5.83. The van der Waals surface area contributed by atoms with Crippen LogP contribution in [0.15, 0.2) is 0 Å². The topological polar surface area (TPSA) is 84.7 Å². The molecule has 0 saturated carbocycles. The molecule has 2 amide bonds. The lowest BCUT2D eigenvalue weighted by Gasteiger charge is -2.33. The summed E-state index contributed by atoms with van der Waals surface area (Å²) in [6.07, 6.45) is 2.85. The van der Waals surface area contributed by atoms with E-state index < -0.39 is 0 Å². The molecule has 0 aromatic rings. The van der Waals surface area contributed by atoms with Gasteiger partial charge < -0.3 is 20.7 Å². The third kappa shape index (κ3) is 4.09. The quantitative estimate of drug-likeness (QED) is 0.704. The third-order valence-electron chi connectivity index (χ3n) is 3.43. The molecule has 0 aromatic carbocycles. The lowest BCUT2D eigenvalue weighted by atomic mass is 10.1. The number of hydrogen-bond acceptors (Lipinski definition) is 5. The van der Waals surface area contributed by atoms with Crippen molar-refractivity contribution in [3.05, 3.63) is 0 Å². The van der Waals surface area contributed by atoms with Gasteiger partial charge in [-0.2, -0.15) is 0 Å². The van der Waals surface area contributed by atoms with Crippen molar-refractivity contribution in [3.63, 3.8) is 0 Å². The number of carbonyl (C=O) groups excluding carboxylic acids is 2. The van der Waals surface area contributed by atoms with Crippen LogP contribution in [0, 0.1) is 0 Å². The molecule has 2 aliphatic heterocycles. The van der Waals surface area contributed by atoms with Gasteiger partial charge in [0.2, 0.25) is 5.91 Å². The van der Waals surface area contributed by atoms with Crippen molar-refractivity contribution in [1.29, 1.82) is 0 Å². The molecule has 0 aliphatic carbocycles. The van der Waals surface area contributed by atoms with Crippen molar-refractivity contribution in [2.24, 2.45) is 5.73 Å². The zero-order valence-electron chi connectivity index (χ0n) is 11.0. The molecule has 0 spiro atoms. The number of piperidine rings is 1. The number of thioether (sulfide) groups is 1. The Labute approximate surface area is 117 Å². The summed E-state index contributed by atoms with van der Waals surface area (Å²) in [5.41, 5.74) is 5.42. The van der Waals surface area contributed by atoms with Crippen LogP contribution in [-0.4, -0.2) is 60.2 Å². The Kier molecular flexibility index (Phi) is 5.47. The first-order chi connectivity index (χ1) is 9.20. The van der Waals surface area contributed by atoms with E-state index in [-0.39, 0.29) is 23.3 Å². The number of carbonyl (C=O) groups is 2. The smallest absolute Gasteiger partial charge is 0.279 e. The molecule has 2 aliphatic rings. The second-order valence-electron chi connectivity index (χ2n) is 4.83. The van der Waals surface area contributed by atoms with Crippen LogP contribution in [0.5, 0.6) is 0 Å². The summed E-state index contributed by atoms with van der Waals surface area (Å²) in [5.74, 6) is 0.587. The molecule has 1 atom stereocenters. The predicted molar refractivity (Wildman–Crippen MR) is 74.0 cm³/mol. The summed E-state index contributed by atoms with van der Waals surface area (Å²) in [4.78, 5) is 25.1. The van der Waals surface area contributed by atoms with E-state index in [0.29, 0.717) is 32.0 Å². The average molecular weight is 287 g/mol. The zero-order chi connectivity index (χ0) is 13.7. The molecule has 0 aromatic heterocycles. The van der Waals surface area contributed by atoms with E-state index in [1.165, 1.54) is 11.8 Å². The molecule has 2 heterocycles. The number of nitrogens with two attached hydrogens (primary N) is 1. The largest absolute Gasteiger partial charge is 0.378 e.